The Morgan fingerprint density at radius 2 is 1.74 bits per heavy atom. The van der Waals surface area contributed by atoms with Crippen LogP contribution in [0.3, 0.4) is 0 Å². The summed E-state index contributed by atoms with van der Waals surface area (Å²) in [7, 11) is -3.55. The van der Waals surface area contributed by atoms with E-state index in [9.17, 15) is 13.2 Å². The highest BCUT2D eigenvalue weighted by Gasteiger charge is 2.30. The second-order valence-corrected chi connectivity index (χ2v) is 10.5. The first kappa shape index (κ1) is 21.4. The summed E-state index contributed by atoms with van der Waals surface area (Å²) < 4.78 is 27.9. The lowest BCUT2D eigenvalue weighted by molar-refractivity contribution is 0.0951. The molecule has 0 bridgehead atoms. The molecule has 0 unspecified atom stereocenters. The van der Waals surface area contributed by atoms with Crippen LogP contribution in [-0.2, 0) is 16.6 Å². The number of hydrogen-bond donors (Lipinski definition) is 2. The highest BCUT2D eigenvalue weighted by molar-refractivity contribution is 7.91. The number of carbonyl (C=O) groups is 1. The van der Waals surface area contributed by atoms with Gasteiger partial charge < -0.3 is 10.6 Å². The summed E-state index contributed by atoms with van der Waals surface area (Å²) in [4.78, 5) is 21.3. The molecule has 0 saturated carbocycles. The smallest absolute Gasteiger partial charge is 0.252 e. The molecule has 8 nitrogen and oxygen atoms in total. The molecule has 1 aliphatic rings. The van der Waals surface area contributed by atoms with Crippen LogP contribution in [0.15, 0.2) is 65.1 Å². The van der Waals surface area contributed by atoms with E-state index in [4.69, 9.17) is 0 Å². The first-order chi connectivity index (χ1) is 15.0. The second kappa shape index (κ2) is 9.54. The van der Waals surface area contributed by atoms with Gasteiger partial charge in [-0.2, -0.15) is 4.31 Å². The Bertz CT molecular complexity index is 1110. The Hall–Kier alpha value is -2.82. The van der Waals surface area contributed by atoms with Crippen molar-refractivity contribution >= 4 is 33.2 Å². The van der Waals surface area contributed by atoms with Gasteiger partial charge in [0.05, 0.1) is 6.54 Å². The number of benzene rings is 1. The minimum absolute atomic E-state index is 0.140. The van der Waals surface area contributed by atoms with E-state index in [1.54, 1.807) is 54.9 Å². The van der Waals surface area contributed by atoms with Crippen LogP contribution in [0.25, 0.3) is 0 Å². The van der Waals surface area contributed by atoms with E-state index in [-0.39, 0.29) is 18.5 Å². The van der Waals surface area contributed by atoms with Gasteiger partial charge in [-0.15, -0.1) is 11.3 Å². The number of hydrogen-bond acceptors (Lipinski definition) is 7. The van der Waals surface area contributed by atoms with Crippen molar-refractivity contribution in [2.45, 2.75) is 29.6 Å². The van der Waals surface area contributed by atoms with Crippen LogP contribution >= 0.6 is 11.3 Å². The summed E-state index contributed by atoms with van der Waals surface area (Å²) in [5.74, 6) is 0.375. The fourth-order valence-corrected chi connectivity index (χ4v) is 6.29. The fraction of sp³-hybridized carbons (Fsp3) is 0.286. The van der Waals surface area contributed by atoms with Crippen molar-refractivity contribution in [2.24, 2.45) is 0 Å². The van der Waals surface area contributed by atoms with Crippen molar-refractivity contribution < 1.29 is 13.2 Å². The molecule has 162 valence electrons. The normalized spacial score (nSPS) is 15.5. The molecule has 0 atom stereocenters. The van der Waals surface area contributed by atoms with Gasteiger partial charge in [-0.05, 0) is 43.2 Å². The molecule has 10 heteroatoms. The van der Waals surface area contributed by atoms with Gasteiger partial charge in [-0.25, -0.2) is 18.4 Å². The van der Waals surface area contributed by atoms with E-state index in [1.807, 2.05) is 6.07 Å². The van der Waals surface area contributed by atoms with Crippen molar-refractivity contribution in [2.75, 3.05) is 18.4 Å². The van der Waals surface area contributed by atoms with Crippen molar-refractivity contribution in [3.05, 3.63) is 71.4 Å². The van der Waals surface area contributed by atoms with Gasteiger partial charge in [0.1, 0.15) is 4.21 Å². The first-order valence-electron chi connectivity index (χ1n) is 9.98. The fourth-order valence-electron chi connectivity index (χ4n) is 3.37. The number of carbonyl (C=O) groups excluding carboxylic acids is 1. The second-order valence-electron chi connectivity index (χ2n) is 7.16. The molecule has 0 aliphatic carbocycles. The molecular formula is C21H23N5O3S2. The summed E-state index contributed by atoms with van der Waals surface area (Å²) in [5.41, 5.74) is 0.573. The van der Waals surface area contributed by atoms with Crippen LogP contribution in [0.1, 0.15) is 28.1 Å². The third kappa shape index (κ3) is 5.27. The molecule has 3 heterocycles. The Labute approximate surface area is 185 Å². The summed E-state index contributed by atoms with van der Waals surface area (Å²) in [6.07, 6.45) is 4.71. The van der Waals surface area contributed by atoms with E-state index in [2.05, 4.69) is 20.6 Å². The minimum Gasteiger partial charge on any atom is -0.351 e. The van der Waals surface area contributed by atoms with Crippen molar-refractivity contribution in [1.29, 1.82) is 0 Å². The van der Waals surface area contributed by atoms with Gasteiger partial charge in [-0.1, -0.05) is 18.2 Å². The maximum absolute atomic E-state index is 13.0. The van der Waals surface area contributed by atoms with Gasteiger partial charge in [0.25, 0.3) is 15.9 Å². The Morgan fingerprint density at radius 1 is 1.03 bits per heavy atom. The molecule has 1 aliphatic heterocycles. The molecule has 3 aromatic rings. The summed E-state index contributed by atoms with van der Waals surface area (Å²) >= 11 is 1.19. The van der Waals surface area contributed by atoms with E-state index in [0.29, 0.717) is 41.7 Å². The number of nitrogens with zero attached hydrogens (tertiary/aromatic N) is 3. The molecule has 31 heavy (non-hydrogen) atoms. The molecule has 1 amide bonds. The number of sulfonamides is 1. The molecule has 4 rings (SSSR count). The quantitative estimate of drug-likeness (QED) is 0.565. The monoisotopic (exact) mass is 457 g/mol. The third-order valence-electron chi connectivity index (χ3n) is 5.04. The van der Waals surface area contributed by atoms with Crippen LogP contribution in [0.4, 0.5) is 5.95 Å². The van der Waals surface area contributed by atoms with Gasteiger partial charge in [0, 0.05) is 42.0 Å². The van der Waals surface area contributed by atoms with Gasteiger partial charge in [0.15, 0.2) is 0 Å². The zero-order valence-corrected chi connectivity index (χ0v) is 18.4. The van der Waals surface area contributed by atoms with Crippen molar-refractivity contribution in [3.63, 3.8) is 0 Å². The molecule has 2 N–H and O–H groups in total. The average Bonchev–Trinajstić information content (AvgIpc) is 3.29. The average molecular weight is 458 g/mol. The van der Waals surface area contributed by atoms with E-state index < -0.39 is 10.0 Å². The number of nitrogens with one attached hydrogen (secondary N) is 2. The SMILES string of the molecule is O=C(NCc1ccc(S(=O)(=O)N2CCC(Nc3ncccn3)CC2)s1)c1ccccc1. The number of rotatable bonds is 7. The van der Waals surface area contributed by atoms with Gasteiger partial charge in [-0.3, -0.25) is 4.79 Å². The van der Waals surface area contributed by atoms with Gasteiger partial charge >= 0.3 is 0 Å². The maximum Gasteiger partial charge on any atom is 0.252 e. The number of aromatic nitrogens is 2. The highest BCUT2D eigenvalue weighted by Crippen LogP contribution is 2.27. The first-order valence-corrected chi connectivity index (χ1v) is 12.2. The van der Waals surface area contributed by atoms with Crippen molar-refractivity contribution in [3.8, 4) is 0 Å². The number of anilines is 1. The predicted molar refractivity (Wildman–Crippen MR) is 119 cm³/mol. The third-order valence-corrected chi connectivity index (χ3v) is 8.49. The van der Waals surface area contributed by atoms with Crippen LogP contribution < -0.4 is 10.6 Å². The molecule has 0 spiro atoms. The summed E-state index contributed by atoms with van der Waals surface area (Å²) in [6, 6.07) is 14.2. The maximum atomic E-state index is 13.0. The van der Waals surface area contributed by atoms with E-state index in [0.717, 1.165) is 4.88 Å². The molecule has 1 saturated heterocycles. The molecule has 2 aromatic heterocycles. The molecular weight excluding hydrogens is 434 g/mol. The van der Waals surface area contributed by atoms with Crippen LogP contribution in [-0.4, -0.2) is 47.7 Å². The van der Waals surface area contributed by atoms with Crippen molar-refractivity contribution in [1.82, 2.24) is 19.6 Å². The number of amides is 1. The number of piperidine rings is 1. The largest absolute Gasteiger partial charge is 0.351 e. The lowest BCUT2D eigenvalue weighted by Crippen LogP contribution is -2.42. The Morgan fingerprint density at radius 3 is 2.45 bits per heavy atom. The topological polar surface area (TPSA) is 104 Å². The number of thiophene rings is 1. The van der Waals surface area contributed by atoms with E-state index in [1.165, 1.54) is 15.6 Å². The lowest BCUT2D eigenvalue weighted by Gasteiger charge is -2.31. The Kier molecular flexibility index (Phi) is 6.59. The highest BCUT2D eigenvalue weighted by atomic mass is 32.2. The van der Waals surface area contributed by atoms with E-state index >= 15 is 0 Å². The van der Waals surface area contributed by atoms with Crippen LogP contribution in [0.2, 0.25) is 0 Å². The predicted octanol–water partition coefficient (Wildman–Crippen LogP) is 2.73. The molecule has 1 aromatic carbocycles. The zero-order chi connectivity index (χ0) is 21.7. The molecule has 1 fully saturated rings. The van der Waals surface area contributed by atoms with Gasteiger partial charge in [0.2, 0.25) is 5.95 Å². The zero-order valence-electron chi connectivity index (χ0n) is 16.8. The van der Waals surface area contributed by atoms with Crippen LogP contribution in [0, 0.1) is 0 Å². The molecule has 0 radical (unpaired) electrons. The Balaban J connectivity index is 1.32. The standard InChI is InChI=1S/C21H23N5O3S2/c27-20(16-5-2-1-3-6-16)24-15-18-7-8-19(30-18)31(28,29)26-13-9-17(10-14-26)25-21-22-11-4-12-23-21/h1-8,11-12,17H,9-10,13-15H2,(H,24,27)(H,22,23,25). The summed E-state index contributed by atoms with van der Waals surface area (Å²) in [5, 5.41) is 6.09. The lowest BCUT2D eigenvalue weighted by atomic mass is 10.1. The summed E-state index contributed by atoms with van der Waals surface area (Å²) in [6.45, 7) is 1.16. The van der Waals surface area contributed by atoms with Crippen LogP contribution in [0.5, 0.6) is 0 Å². The minimum atomic E-state index is -3.55.